The molecule has 14 heavy (non-hydrogen) atoms. The van der Waals surface area contributed by atoms with Gasteiger partial charge >= 0.3 is 0 Å². The molecule has 2 rings (SSSR count). The SMILES string of the molecule is CC1(CNC(=O)c2[nH]ncc2N)CC1. The van der Waals surface area contributed by atoms with E-state index < -0.39 is 0 Å². The summed E-state index contributed by atoms with van der Waals surface area (Å²) in [5, 5.41) is 9.10. The highest BCUT2D eigenvalue weighted by Crippen LogP contribution is 2.44. The van der Waals surface area contributed by atoms with E-state index >= 15 is 0 Å². The Hall–Kier alpha value is -1.52. The van der Waals surface area contributed by atoms with Crippen LogP contribution in [-0.2, 0) is 0 Å². The number of hydrogen-bond donors (Lipinski definition) is 3. The maximum atomic E-state index is 11.5. The van der Waals surface area contributed by atoms with Gasteiger partial charge in [0.15, 0.2) is 0 Å². The summed E-state index contributed by atoms with van der Waals surface area (Å²) < 4.78 is 0. The maximum absolute atomic E-state index is 11.5. The van der Waals surface area contributed by atoms with Gasteiger partial charge < -0.3 is 11.1 Å². The van der Waals surface area contributed by atoms with Crippen LogP contribution in [-0.4, -0.2) is 22.6 Å². The van der Waals surface area contributed by atoms with Gasteiger partial charge in [0.25, 0.3) is 5.91 Å². The molecular weight excluding hydrogens is 180 g/mol. The first-order valence-electron chi connectivity index (χ1n) is 4.68. The smallest absolute Gasteiger partial charge is 0.271 e. The lowest BCUT2D eigenvalue weighted by Crippen LogP contribution is -2.29. The van der Waals surface area contributed by atoms with Crippen LogP contribution in [0.3, 0.4) is 0 Å². The Labute approximate surface area is 82.1 Å². The summed E-state index contributed by atoms with van der Waals surface area (Å²) in [6.45, 7) is 2.87. The van der Waals surface area contributed by atoms with Crippen molar-refractivity contribution >= 4 is 11.6 Å². The van der Waals surface area contributed by atoms with E-state index in [4.69, 9.17) is 5.73 Å². The topological polar surface area (TPSA) is 83.8 Å². The second-order valence-corrected chi connectivity index (χ2v) is 4.19. The van der Waals surface area contributed by atoms with Crippen molar-refractivity contribution in [2.75, 3.05) is 12.3 Å². The third kappa shape index (κ3) is 1.71. The Bertz CT molecular complexity index is 353. The van der Waals surface area contributed by atoms with E-state index in [0.717, 1.165) is 0 Å². The van der Waals surface area contributed by atoms with Crippen molar-refractivity contribution in [3.63, 3.8) is 0 Å². The average molecular weight is 194 g/mol. The molecule has 1 aromatic heterocycles. The van der Waals surface area contributed by atoms with Crippen LogP contribution in [0.1, 0.15) is 30.3 Å². The molecule has 0 unspecified atom stereocenters. The largest absolute Gasteiger partial charge is 0.396 e. The maximum Gasteiger partial charge on any atom is 0.271 e. The summed E-state index contributed by atoms with van der Waals surface area (Å²) in [6.07, 6.45) is 3.81. The van der Waals surface area contributed by atoms with Crippen molar-refractivity contribution in [2.45, 2.75) is 19.8 Å². The number of aromatic amines is 1. The second kappa shape index (κ2) is 3.01. The van der Waals surface area contributed by atoms with Gasteiger partial charge in [0.2, 0.25) is 0 Å². The van der Waals surface area contributed by atoms with Crippen LogP contribution >= 0.6 is 0 Å². The summed E-state index contributed by atoms with van der Waals surface area (Å²) in [5.74, 6) is -0.173. The molecule has 76 valence electrons. The molecule has 1 amide bonds. The molecule has 4 N–H and O–H groups in total. The lowest BCUT2D eigenvalue weighted by Gasteiger charge is -2.08. The van der Waals surface area contributed by atoms with E-state index in [1.807, 2.05) is 0 Å². The minimum Gasteiger partial charge on any atom is -0.396 e. The minimum atomic E-state index is -0.173. The second-order valence-electron chi connectivity index (χ2n) is 4.19. The van der Waals surface area contributed by atoms with Crippen LogP contribution in [0.4, 0.5) is 5.69 Å². The zero-order valence-corrected chi connectivity index (χ0v) is 8.13. The number of H-pyrrole nitrogens is 1. The van der Waals surface area contributed by atoms with Gasteiger partial charge in [-0.15, -0.1) is 0 Å². The van der Waals surface area contributed by atoms with E-state index in [1.165, 1.54) is 19.0 Å². The molecule has 1 aliphatic carbocycles. The van der Waals surface area contributed by atoms with Crippen molar-refractivity contribution < 1.29 is 4.79 Å². The summed E-state index contributed by atoms with van der Waals surface area (Å²) in [5.41, 5.74) is 6.60. The number of anilines is 1. The molecule has 1 fully saturated rings. The van der Waals surface area contributed by atoms with E-state index in [1.54, 1.807) is 0 Å². The number of hydrogen-bond acceptors (Lipinski definition) is 3. The number of nitrogens with two attached hydrogens (primary N) is 1. The van der Waals surface area contributed by atoms with Crippen molar-refractivity contribution in [3.8, 4) is 0 Å². The van der Waals surface area contributed by atoms with Crippen molar-refractivity contribution in [3.05, 3.63) is 11.9 Å². The molecule has 0 aliphatic heterocycles. The van der Waals surface area contributed by atoms with Crippen molar-refractivity contribution in [1.82, 2.24) is 15.5 Å². The molecule has 1 heterocycles. The molecule has 0 spiro atoms. The van der Waals surface area contributed by atoms with Crippen LogP contribution in [0, 0.1) is 5.41 Å². The standard InChI is InChI=1S/C9H14N4O/c1-9(2-3-9)5-11-8(14)7-6(10)4-12-13-7/h4H,2-3,5,10H2,1H3,(H,11,14)(H,12,13). The lowest BCUT2D eigenvalue weighted by atomic mass is 10.1. The minimum absolute atomic E-state index is 0.173. The highest BCUT2D eigenvalue weighted by atomic mass is 16.1. The van der Waals surface area contributed by atoms with Gasteiger partial charge in [-0.05, 0) is 18.3 Å². The first-order valence-corrected chi connectivity index (χ1v) is 4.68. The Morgan fingerprint density at radius 2 is 2.50 bits per heavy atom. The van der Waals surface area contributed by atoms with Crippen LogP contribution < -0.4 is 11.1 Å². The molecule has 0 saturated heterocycles. The van der Waals surface area contributed by atoms with Crippen LogP contribution in [0.5, 0.6) is 0 Å². The Morgan fingerprint density at radius 3 is 3.00 bits per heavy atom. The molecule has 0 radical (unpaired) electrons. The van der Waals surface area contributed by atoms with Gasteiger partial charge in [-0.2, -0.15) is 5.10 Å². The predicted molar refractivity (Wildman–Crippen MR) is 52.7 cm³/mol. The highest BCUT2D eigenvalue weighted by molar-refractivity contribution is 5.96. The van der Waals surface area contributed by atoms with Gasteiger partial charge in [-0.1, -0.05) is 6.92 Å². The number of nitrogens with one attached hydrogen (secondary N) is 2. The van der Waals surface area contributed by atoms with Crippen molar-refractivity contribution in [2.24, 2.45) is 5.41 Å². The third-order valence-electron chi connectivity index (χ3n) is 2.68. The zero-order valence-electron chi connectivity index (χ0n) is 8.13. The number of nitrogen functional groups attached to an aromatic ring is 1. The normalized spacial score (nSPS) is 17.8. The number of nitrogens with zero attached hydrogens (tertiary/aromatic N) is 1. The number of rotatable bonds is 3. The van der Waals surface area contributed by atoms with Gasteiger partial charge in [0.05, 0.1) is 11.9 Å². The fourth-order valence-electron chi connectivity index (χ4n) is 1.25. The molecule has 1 saturated carbocycles. The summed E-state index contributed by atoms with van der Waals surface area (Å²) in [4.78, 5) is 11.5. The predicted octanol–water partition coefficient (Wildman–Crippen LogP) is 0.522. The van der Waals surface area contributed by atoms with Crippen LogP contribution in [0.15, 0.2) is 6.20 Å². The van der Waals surface area contributed by atoms with Gasteiger partial charge in [-0.3, -0.25) is 9.89 Å². The molecule has 0 bridgehead atoms. The first kappa shape index (κ1) is 9.05. The molecule has 1 aliphatic rings. The molecule has 1 aromatic rings. The molecule has 5 nitrogen and oxygen atoms in total. The number of carbonyl (C=O) groups is 1. The fourth-order valence-corrected chi connectivity index (χ4v) is 1.25. The summed E-state index contributed by atoms with van der Waals surface area (Å²) >= 11 is 0. The number of amides is 1. The molecular formula is C9H14N4O. The first-order chi connectivity index (χ1) is 6.61. The molecule has 5 heteroatoms. The van der Waals surface area contributed by atoms with Crippen LogP contribution in [0.25, 0.3) is 0 Å². The van der Waals surface area contributed by atoms with Crippen molar-refractivity contribution in [1.29, 1.82) is 0 Å². The highest BCUT2D eigenvalue weighted by Gasteiger charge is 2.37. The quantitative estimate of drug-likeness (QED) is 0.656. The molecule has 0 aromatic carbocycles. The van der Waals surface area contributed by atoms with E-state index in [-0.39, 0.29) is 5.91 Å². The zero-order chi connectivity index (χ0) is 10.2. The monoisotopic (exact) mass is 194 g/mol. The lowest BCUT2D eigenvalue weighted by molar-refractivity contribution is 0.0942. The van der Waals surface area contributed by atoms with E-state index in [0.29, 0.717) is 23.3 Å². The average Bonchev–Trinajstić information content (AvgIpc) is 2.72. The number of aromatic nitrogens is 2. The Kier molecular flexibility index (Phi) is 1.94. The van der Waals surface area contributed by atoms with Crippen LogP contribution in [0.2, 0.25) is 0 Å². The molecule has 0 atom stereocenters. The summed E-state index contributed by atoms with van der Waals surface area (Å²) in [6, 6.07) is 0. The van der Waals surface area contributed by atoms with E-state index in [2.05, 4.69) is 22.4 Å². The van der Waals surface area contributed by atoms with Gasteiger partial charge in [-0.25, -0.2) is 0 Å². The van der Waals surface area contributed by atoms with E-state index in [9.17, 15) is 4.79 Å². The van der Waals surface area contributed by atoms with Gasteiger partial charge in [0.1, 0.15) is 5.69 Å². The summed E-state index contributed by atoms with van der Waals surface area (Å²) in [7, 11) is 0. The Balaban J connectivity index is 1.93. The number of carbonyl (C=O) groups excluding carboxylic acids is 1. The van der Waals surface area contributed by atoms with Gasteiger partial charge in [0, 0.05) is 6.54 Å². The Morgan fingerprint density at radius 1 is 1.79 bits per heavy atom. The fraction of sp³-hybridized carbons (Fsp3) is 0.556. The third-order valence-corrected chi connectivity index (χ3v) is 2.68.